The lowest BCUT2D eigenvalue weighted by Crippen LogP contribution is -2.24. The summed E-state index contributed by atoms with van der Waals surface area (Å²) in [7, 11) is 0. The second kappa shape index (κ2) is 7.35. The molecule has 0 bridgehead atoms. The number of hydrogen-bond acceptors (Lipinski definition) is 5. The lowest BCUT2D eigenvalue weighted by Gasteiger charge is -2.11. The van der Waals surface area contributed by atoms with Crippen molar-refractivity contribution in [2.24, 2.45) is 0 Å². The summed E-state index contributed by atoms with van der Waals surface area (Å²) in [6.45, 7) is -0.120. The van der Waals surface area contributed by atoms with Gasteiger partial charge in [0.2, 0.25) is 0 Å². The van der Waals surface area contributed by atoms with Gasteiger partial charge < -0.3 is 25.7 Å². The third kappa shape index (κ3) is 4.25. The molecule has 0 aliphatic carbocycles. The highest BCUT2D eigenvalue weighted by Crippen LogP contribution is 2.28. The van der Waals surface area contributed by atoms with Gasteiger partial charge in [0.25, 0.3) is 5.91 Å². The molecule has 0 saturated heterocycles. The first-order chi connectivity index (χ1) is 11.8. The van der Waals surface area contributed by atoms with Gasteiger partial charge in [-0.3, -0.25) is 9.59 Å². The third-order valence-corrected chi connectivity index (χ3v) is 3.45. The van der Waals surface area contributed by atoms with Crippen LogP contribution in [0.1, 0.15) is 31.8 Å². The van der Waals surface area contributed by atoms with Crippen LogP contribution in [0.25, 0.3) is 0 Å². The Hall–Kier alpha value is -3.55. The molecular formula is C17H15NO7. The number of nitrogens with one attached hydrogen (secondary N) is 1. The van der Waals surface area contributed by atoms with Gasteiger partial charge in [-0.1, -0.05) is 18.2 Å². The van der Waals surface area contributed by atoms with E-state index >= 15 is 0 Å². The number of carbonyl (C=O) groups is 3. The average molecular weight is 345 g/mol. The summed E-state index contributed by atoms with van der Waals surface area (Å²) in [5, 5.41) is 40.0. The summed E-state index contributed by atoms with van der Waals surface area (Å²) in [6.07, 6.45) is -0.567. The Balaban J connectivity index is 2.23. The van der Waals surface area contributed by atoms with E-state index < -0.39 is 30.0 Å². The molecule has 0 unspecified atom stereocenters. The smallest absolute Gasteiger partial charge is 0.336 e. The molecule has 0 spiro atoms. The number of phenols is 2. The van der Waals surface area contributed by atoms with Crippen molar-refractivity contribution >= 4 is 17.8 Å². The van der Waals surface area contributed by atoms with Crippen molar-refractivity contribution in [3.63, 3.8) is 0 Å². The first-order valence-electron chi connectivity index (χ1n) is 7.15. The fraction of sp³-hybridized carbons (Fsp3) is 0.118. The van der Waals surface area contributed by atoms with Crippen molar-refractivity contribution in [1.82, 2.24) is 5.32 Å². The van der Waals surface area contributed by atoms with Crippen LogP contribution in [0.3, 0.4) is 0 Å². The normalized spacial score (nSPS) is 10.2. The fourth-order valence-corrected chi connectivity index (χ4v) is 2.30. The van der Waals surface area contributed by atoms with Gasteiger partial charge in [0.05, 0.1) is 17.5 Å². The number of carboxylic acid groups (broad SMARTS) is 2. The van der Waals surface area contributed by atoms with Crippen LogP contribution in [-0.2, 0) is 17.8 Å². The van der Waals surface area contributed by atoms with Crippen molar-refractivity contribution in [2.45, 2.75) is 13.0 Å². The molecule has 0 atom stereocenters. The molecule has 0 fully saturated rings. The van der Waals surface area contributed by atoms with Crippen LogP contribution in [0.4, 0.5) is 0 Å². The lowest BCUT2D eigenvalue weighted by atomic mass is 10.0. The van der Waals surface area contributed by atoms with Gasteiger partial charge in [-0.25, -0.2) is 4.79 Å². The zero-order valence-electron chi connectivity index (χ0n) is 12.9. The molecule has 0 aliphatic rings. The van der Waals surface area contributed by atoms with Crippen molar-refractivity contribution in [2.75, 3.05) is 0 Å². The quantitative estimate of drug-likeness (QED) is 0.497. The zero-order chi connectivity index (χ0) is 18.6. The van der Waals surface area contributed by atoms with Crippen LogP contribution in [0, 0.1) is 0 Å². The molecule has 0 saturated carbocycles. The van der Waals surface area contributed by atoms with Crippen LogP contribution < -0.4 is 5.32 Å². The van der Waals surface area contributed by atoms with E-state index in [1.165, 1.54) is 12.1 Å². The van der Waals surface area contributed by atoms with Crippen LogP contribution >= 0.6 is 0 Å². The Morgan fingerprint density at radius 1 is 0.920 bits per heavy atom. The monoisotopic (exact) mass is 345 g/mol. The van der Waals surface area contributed by atoms with Gasteiger partial charge in [-0.15, -0.1) is 0 Å². The molecule has 8 heteroatoms. The van der Waals surface area contributed by atoms with Crippen LogP contribution in [-0.4, -0.2) is 38.3 Å². The Bertz CT molecular complexity index is 845. The molecule has 5 N–H and O–H groups in total. The number of rotatable bonds is 6. The number of carbonyl (C=O) groups excluding carboxylic acids is 1. The lowest BCUT2D eigenvalue weighted by molar-refractivity contribution is -0.136. The van der Waals surface area contributed by atoms with E-state index in [1.807, 2.05) is 0 Å². The average Bonchev–Trinajstić information content (AvgIpc) is 2.55. The second-order valence-electron chi connectivity index (χ2n) is 5.22. The van der Waals surface area contributed by atoms with E-state index in [9.17, 15) is 24.6 Å². The number of hydrogen-bond donors (Lipinski definition) is 5. The summed E-state index contributed by atoms with van der Waals surface area (Å²) >= 11 is 0. The maximum Gasteiger partial charge on any atom is 0.336 e. The number of aliphatic carboxylic acids is 1. The largest absolute Gasteiger partial charge is 0.508 e. The van der Waals surface area contributed by atoms with E-state index in [2.05, 4.69) is 5.32 Å². The van der Waals surface area contributed by atoms with Crippen molar-refractivity contribution in [1.29, 1.82) is 0 Å². The predicted molar refractivity (Wildman–Crippen MR) is 85.7 cm³/mol. The maximum absolute atomic E-state index is 12.2. The molecule has 2 rings (SSSR count). The minimum atomic E-state index is -1.23. The summed E-state index contributed by atoms with van der Waals surface area (Å²) in [5.41, 5.74) is -0.0316. The van der Waals surface area contributed by atoms with E-state index in [0.29, 0.717) is 5.56 Å². The number of phenolic OH excluding ortho intramolecular Hbond substituents is 2. The number of aromatic hydroxyl groups is 2. The molecule has 0 aromatic heterocycles. The molecule has 25 heavy (non-hydrogen) atoms. The molecular weight excluding hydrogens is 330 g/mol. The first kappa shape index (κ1) is 17.8. The molecule has 8 nitrogen and oxygen atoms in total. The predicted octanol–water partition coefficient (Wildman–Crippen LogP) is 1.35. The highest BCUT2D eigenvalue weighted by atomic mass is 16.4. The van der Waals surface area contributed by atoms with Crippen LogP contribution in [0.5, 0.6) is 11.5 Å². The van der Waals surface area contributed by atoms with Gasteiger partial charge in [0, 0.05) is 12.1 Å². The molecule has 2 aromatic rings. The maximum atomic E-state index is 12.2. The third-order valence-electron chi connectivity index (χ3n) is 3.45. The van der Waals surface area contributed by atoms with E-state index in [0.717, 1.165) is 12.1 Å². The van der Waals surface area contributed by atoms with Crippen LogP contribution in [0.2, 0.25) is 0 Å². The summed E-state index contributed by atoms with van der Waals surface area (Å²) in [6, 6.07) is 8.14. The SMILES string of the molecule is O=C(O)Cc1cc(O)cc(C(=O)NCc2ccccc2C(=O)O)c1O. The Morgan fingerprint density at radius 2 is 1.60 bits per heavy atom. The minimum absolute atomic E-state index is 0.0227. The molecule has 130 valence electrons. The zero-order valence-corrected chi connectivity index (χ0v) is 12.9. The number of carboxylic acids is 2. The standard InChI is InChI=1S/C17H15NO7/c19-11-5-10(6-14(20)21)15(22)13(7-11)16(23)18-8-9-3-1-2-4-12(9)17(24)25/h1-5,7,19,22H,6,8H2,(H,18,23)(H,20,21)(H,24,25). The Morgan fingerprint density at radius 3 is 2.24 bits per heavy atom. The van der Waals surface area contributed by atoms with E-state index in [4.69, 9.17) is 10.2 Å². The second-order valence-corrected chi connectivity index (χ2v) is 5.22. The van der Waals surface area contributed by atoms with E-state index in [1.54, 1.807) is 12.1 Å². The topological polar surface area (TPSA) is 144 Å². The number of benzene rings is 2. The summed E-state index contributed by atoms with van der Waals surface area (Å²) in [4.78, 5) is 34.2. The van der Waals surface area contributed by atoms with Crippen molar-refractivity contribution < 1.29 is 34.8 Å². The van der Waals surface area contributed by atoms with Crippen molar-refractivity contribution in [3.8, 4) is 11.5 Å². The summed E-state index contributed by atoms with van der Waals surface area (Å²) in [5.74, 6) is -4.08. The minimum Gasteiger partial charge on any atom is -0.508 e. The molecule has 0 aliphatic heterocycles. The van der Waals surface area contributed by atoms with E-state index in [-0.39, 0.29) is 29.0 Å². The number of aromatic carboxylic acids is 1. The molecule has 0 heterocycles. The van der Waals surface area contributed by atoms with Crippen molar-refractivity contribution in [3.05, 3.63) is 58.7 Å². The Labute approximate surface area is 142 Å². The first-order valence-corrected chi connectivity index (χ1v) is 7.15. The van der Waals surface area contributed by atoms with Gasteiger partial charge in [0.1, 0.15) is 11.5 Å². The van der Waals surface area contributed by atoms with Crippen LogP contribution in [0.15, 0.2) is 36.4 Å². The number of amides is 1. The highest BCUT2D eigenvalue weighted by Gasteiger charge is 2.18. The summed E-state index contributed by atoms with van der Waals surface area (Å²) < 4.78 is 0. The van der Waals surface area contributed by atoms with Gasteiger partial charge >= 0.3 is 11.9 Å². The van der Waals surface area contributed by atoms with Gasteiger partial charge in [-0.2, -0.15) is 0 Å². The highest BCUT2D eigenvalue weighted by molar-refractivity contribution is 5.98. The van der Waals surface area contributed by atoms with Gasteiger partial charge in [0.15, 0.2) is 0 Å². The van der Waals surface area contributed by atoms with Gasteiger partial charge in [-0.05, 0) is 23.8 Å². The Kier molecular flexibility index (Phi) is 5.23. The molecule has 1 amide bonds. The fourth-order valence-electron chi connectivity index (χ4n) is 2.30. The molecule has 0 radical (unpaired) electrons. The molecule has 2 aromatic carbocycles.